The van der Waals surface area contributed by atoms with Gasteiger partial charge in [-0.3, -0.25) is 10.1 Å². The average Bonchev–Trinajstić information content (AvgIpc) is 1.99. The second-order valence-electron chi connectivity index (χ2n) is 2.61. The fraction of sp³-hybridized carbons (Fsp3) is 0.286. The van der Waals surface area contributed by atoms with E-state index in [4.69, 9.17) is 0 Å². The molecule has 0 saturated heterocycles. The molecule has 15 heavy (non-hydrogen) atoms. The molecular weight excluding hydrogens is 217 g/mol. The predicted molar refractivity (Wildman–Crippen MR) is 42.3 cm³/mol. The number of hydrogen-bond acceptors (Lipinski definition) is 4. The first-order chi connectivity index (χ1) is 6.79. The normalized spacial score (nSPS) is 11.2. The summed E-state index contributed by atoms with van der Waals surface area (Å²) in [5, 5.41) is 10.3. The maximum atomic E-state index is 11.7. The van der Waals surface area contributed by atoms with Crippen LogP contribution in [0.2, 0.25) is 0 Å². The Morgan fingerprint density at radius 1 is 1.53 bits per heavy atom. The van der Waals surface area contributed by atoms with Gasteiger partial charge in [0.15, 0.2) is 0 Å². The number of ether oxygens (including phenoxy) is 1. The maximum absolute atomic E-state index is 11.7. The molecule has 0 bridgehead atoms. The molecule has 0 aromatic carbocycles. The van der Waals surface area contributed by atoms with Gasteiger partial charge in [-0.2, -0.15) is 0 Å². The SMILES string of the molecule is Cc1cc(OC(F)(F)F)ncc1[N+](=O)[O-]. The van der Waals surface area contributed by atoms with Crippen LogP contribution in [-0.4, -0.2) is 16.3 Å². The van der Waals surface area contributed by atoms with Crippen LogP contribution in [0, 0.1) is 17.0 Å². The molecule has 1 heterocycles. The van der Waals surface area contributed by atoms with Crippen molar-refractivity contribution in [3.8, 4) is 5.88 Å². The quantitative estimate of drug-likeness (QED) is 0.568. The molecule has 1 rings (SSSR count). The molecule has 8 heteroatoms. The summed E-state index contributed by atoms with van der Waals surface area (Å²) >= 11 is 0. The van der Waals surface area contributed by atoms with Gasteiger partial charge in [-0.25, -0.2) is 4.98 Å². The molecule has 5 nitrogen and oxygen atoms in total. The highest BCUT2D eigenvalue weighted by molar-refractivity contribution is 5.39. The minimum atomic E-state index is -4.85. The second-order valence-corrected chi connectivity index (χ2v) is 2.61. The van der Waals surface area contributed by atoms with Crippen LogP contribution in [-0.2, 0) is 0 Å². The summed E-state index contributed by atoms with van der Waals surface area (Å²) in [5.74, 6) is -0.717. The van der Waals surface area contributed by atoms with Crippen molar-refractivity contribution in [2.75, 3.05) is 0 Å². The third-order valence-electron chi connectivity index (χ3n) is 1.48. The Morgan fingerprint density at radius 2 is 2.13 bits per heavy atom. The van der Waals surface area contributed by atoms with Crippen molar-refractivity contribution in [1.82, 2.24) is 4.98 Å². The van der Waals surface area contributed by atoms with Crippen LogP contribution in [0.25, 0.3) is 0 Å². The van der Waals surface area contributed by atoms with Crippen molar-refractivity contribution < 1.29 is 22.8 Å². The molecule has 0 saturated carbocycles. The van der Waals surface area contributed by atoms with E-state index in [1.54, 1.807) is 0 Å². The van der Waals surface area contributed by atoms with Crippen LogP contribution in [0.1, 0.15) is 5.56 Å². The molecule has 0 amide bonds. The summed E-state index contributed by atoms with van der Waals surface area (Å²) in [6.07, 6.45) is -4.13. The van der Waals surface area contributed by atoms with E-state index in [-0.39, 0.29) is 11.3 Å². The van der Waals surface area contributed by atoms with Gasteiger partial charge in [0.2, 0.25) is 5.88 Å². The van der Waals surface area contributed by atoms with E-state index in [0.29, 0.717) is 0 Å². The lowest BCUT2D eigenvalue weighted by atomic mass is 10.2. The van der Waals surface area contributed by atoms with E-state index >= 15 is 0 Å². The molecule has 1 aromatic rings. The van der Waals surface area contributed by atoms with Gasteiger partial charge in [-0.05, 0) is 6.92 Å². The standard InChI is InChI=1S/C7H5F3N2O3/c1-4-2-6(15-7(8,9)10)11-3-5(4)12(13)14/h2-3H,1H3. The molecule has 0 atom stereocenters. The minimum absolute atomic E-state index is 0.0502. The lowest BCUT2D eigenvalue weighted by molar-refractivity contribution is -0.385. The Balaban J connectivity index is 2.97. The van der Waals surface area contributed by atoms with Crippen molar-refractivity contribution in [3.63, 3.8) is 0 Å². The van der Waals surface area contributed by atoms with Crippen molar-refractivity contribution >= 4 is 5.69 Å². The lowest BCUT2D eigenvalue weighted by Gasteiger charge is -2.07. The van der Waals surface area contributed by atoms with Gasteiger partial charge >= 0.3 is 6.36 Å². The average molecular weight is 222 g/mol. The zero-order valence-electron chi connectivity index (χ0n) is 7.41. The Kier molecular flexibility index (Phi) is 2.78. The number of rotatable bonds is 2. The highest BCUT2D eigenvalue weighted by Gasteiger charge is 2.32. The molecule has 0 aliphatic heterocycles. The van der Waals surface area contributed by atoms with Crippen molar-refractivity contribution in [1.29, 1.82) is 0 Å². The monoisotopic (exact) mass is 222 g/mol. The Bertz CT molecular complexity index is 392. The molecule has 0 unspecified atom stereocenters. The molecule has 0 spiro atoms. The summed E-state index contributed by atoms with van der Waals surface area (Å²) in [6.45, 7) is 1.29. The smallest absolute Gasteiger partial charge is 0.388 e. The number of aromatic nitrogens is 1. The van der Waals surface area contributed by atoms with Crippen LogP contribution < -0.4 is 4.74 Å². The molecular formula is C7H5F3N2O3. The maximum Gasteiger partial charge on any atom is 0.574 e. The summed E-state index contributed by atoms with van der Waals surface area (Å²) < 4.78 is 38.7. The fourth-order valence-corrected chi connectivity index (χ4v) is 0.889. The summed E-state index contributed by atoms with van der Waals surface area (Å²) in [5.41, 5.74) is -0.307. The van der Waals surface area contributed by atoms with Crippen molar-refractivity contribution in [2.24, 2.45) is 0 Å². The third-order valence-corrected chi connectivity index (χ3v) is 1.48. The van der Waals surface area contributed by atoms with Crippen LogP contribution in [0.5, 0.6) is 5.88 Å². The minimum Gasteiger partial charge on any atom is -0.388 e. The molecule has 82 valence electrons. The van der Waals surface area contributed by atoms with E-state index in [1.165, 1.54) is 6.92 Å². The van der Waals surface area contributed by atoms with E-state index in [9.17, 15) is 23.3 Å². The van der Waals surface area contributed by atoms with Gasteiger partial charge in [-0.1, -0.05) is 0 Å². The topological polar surface area (TPSA) is 65.3 Å². The van der Waals surface area contributed by atoms with Gasteiger partial charge in [0.25, 0.3) is 5.69 Å². The number of aryl methyl sites for hydroxylation is 1. The number of alkyl halides is 3. The molecule has 0 aliphatic rings. The first kappa shape index (κ1) is 11.2. The lowest BCUT2D eigenvalue weighted by Crippen LogP contribution is -2.18. The van der Waals surface area contributed by atoms with Gasteiger partial charge in [0.05, 0.1) is 4.92 Å². The highest BCUT2D eigenvalue weighted by atomic mass is 19.4. The fourth-order valence-electron chi connectivity index (χ4n) is 0.889. The molecule has 0 aliphatic carbocycles. The largest absolute Gasteiger partial charge is 0.574 e. The van der Waals surface area contributed by atoms with Crippen LogP contribution in [0.4, 0.5) is 18.9 Å². The molecule has 0 fully saturated rings. The van der Waals surface area contributed by atoms with E-state index < -0.39 is 17.2 Å². The van der Waals surface area contributed by atoms with Gasteiger partial charge in [0.1, 0.15) is 6.20 Å². The van der Waals surface area contributed by atoms with Gasteiger partial charge in [-0.15, -0.1) is 13.2 Å². The van der Waals surface area contributed by atoms with Crippen LogP contribution in [0.3, 0.4) is 0 Å². The second kappa shape index (κ2) is 3.71. The number of hydrogen-bond donors (Lipinski definition) is 0. The Morgan fingerprint density at radius 3 is 2.53 bits per heavy atom. The summed E-state index contributed by atoms with van der Waals surface area (Å²) in [4.78, 5) is 12.7. The Hall–Kier alpha value is -1.86. The highest BCUT2D eigenvalue weighted by Crippen LogP contribution is 2.24. The van der Waals surface area contributed by atoms with Crippen molar-refractivity contribution in [2.45, 2.75) is 13.3 Å². The molecule has 1 aromatic heterocycles. The van der Waals surface area contributed by atoms with Crippen LogP contribution in [0.15, 0.2) is 12.3 Å². The van der Waals surface area contributed by atoms with E-state index in [0.717, 1.165) is 12.3 Å². The first-order valence-electron chi connectivity index (χ1n) is 3.66. The third kappa shape index (κ3) is 3.08. The number of halogens is 3. The van der Waals surface area contributed by atoms with Gasteiger partial charge in [0, 0.05) is 11.6 Å². The summed E-state index contributed by atoms with van der Waals surface area (Å²) in [7, 11) is 0. The number of pyridine rings is 1. The summed E-state index contributed by atoms with van der Waals surface area (Å²) in [6, 6.07) is 0.853. The Labute approximate surface area is 81.6 Å². The first-order valence-corrected chi connectivity index (χ1v) is 3.66. The molecule has 0 radical (unpaired) electrons. The molecule has 0 N–H and O–H groups in total. The van der Waals surface area contributed by atoms with Crippen molar-refractivity contribution in [3.05, 3.63) is 27.9 Å². The zero-order valence-corrected chi connectivity index (χ0v) is 7.41. The number of nitrogens with zero attached hydrogens (tertiary/aromatic N) is 2. The van der Waals surface area contributed by atoms with E-state index in [1.807, 2.05) is 0 Å². The zero-order chi connectivity index (χ0) is 11.6. The van der Waals surface area contributed by atoms with E-state index in [2.05, 4.69) is 9.72 Å². The van der Waals surface area contributed by atoms with Gasteiger partial charge < -0.3 is 4.74 Å². The number of nitro groups is 1. The van der Waals surface area contributed by atoms with Crippen LogP contribution >= 0.6 is 0 Å². The predicted octanol–water partition coefficient (Wildman–Crippen LogP) is 2.20.